The highest BCUT2D eigenvalue weighted by molar-refractivity contribution is 6.04. The number of halogens is 1. The molecule has 0 bridgehead atoms. The zero-order chi connectivity index (χ0) is 26.7. The predicted molar refractivity (Wildman–Crippen MR) is 142 cm³/mol. The number of ether oxygens (including phenoxy) is 1. The van der Waals surface area contributed by atoms with Crippen LogP contribution < -0.4 is 5.32 Å². The quantitative estimate of drug-likeness (QED) is 0.452. The smallest absolute Gasteiger partial charge is 0.337 e. The van der Waals surface area contributed by atoms with Gasteiger partial charge in [0.1, 0.15) is 17.7 Å². The number of nitrogens with one attached hydrogen (secondary N) is 1. The molecule has 0 aromatic heterocycles. The number of ketones is 1. The van der Waals surface area contributed by atoms with Crippen molar-refractivity contribution >= 4 is 11.8 Å². The van der Waals surface area contributed by atoms with Crippen LogP contribution in [0, 0.1) is 12.7 Å². The molecule has 1 heterocycles. The van der Waals surface area contributed by atoms with E-state index in [1.54, 1.807) is 31.2 Å². The molecule has 3 aliphatic rings. The maximum atomic E-state index is 14.3. The van der Waals surface area contributed by atoms with E-state index < -0.39 is 11.9 Å². The number of benzene rings is 2. The van der Waals surface area contributed by atoms with Crippen molar-refractivity contribution < 1.29 is 23.8 Å². The first-order valence-electron chi connectivity index (χ1n) is 13.3. The number of allylic oxidation sites excluding steroid dienone is 3. The summed E-state index contributed by atoms with van der Waals surface area (Å²) >= 11 is 0. The molecule has 0 saturated heterocycles. The minimum atomic E-state index is -0.629. The second-order valence-electron chi connectivity index (χ2n) is 9.93. The second kappa shape index (κ2) is 11.3. The molecule has 0 amide bonds. The summed E-state index contributed by atoms with van der Waals surface area (Å²) in [5, 5.41) is 13.5. The van der Waals surface area contributed by atoms with Crippen molar-refractivity contribution in [1.82, 2.24) is 5.32 Å². The molecule has 2 atom stereocenters. The number of carbonyl (C=O) groups excluding carboxylic acids is 2. The molecule has 0 spiro atoms. The van der Waals surface area contributed by atoms with Gasteiger partial charge in [0.2, 0.25) is 0 Å². The van der Waals surface area contributed by atoms with Gasteiger partial charge >= 0.3 is 5.97 Å². The summed E-state index contributed by atoms with van der Waals surface area (Å²) in [6.07, 6.45) is 4.43. The van der Waals surface area contributed by atoms with Crippen molar-refractivity contribution in [1.29, 1.82) is 0 Å². The average Bonchev–Trinajstić information content (AvgIpc) is 3.39. The number of aromatic hydroxyl groups is 1. The van der Waals surface area contributed by atoms with Crippen LogP contribution in [-0.2, 0) is 14.3 Å². The third-order valence-corrected chi connectivity index (χ3v) is 7.49. The van der Waals surface area contributed by atoms with Crippen molar-refractivity contribution in [2.24, 2.45) is 0 Å². The van der Waals surface area contributed by atoms with Crippen LogP contribution in [0.5, 0.6) is 5.75 Å². The highest BCUT2D eigenvalue weighted by Crippen LogP contribution is 2.46. The van der Waals surface area contributed by atoms with Gasteiger partial charge in [0, 0.05) is 29.3 Å². The van der Waals surface area contributed by atoms with Gasteiger partial charge in [-0.25, -0.2) is 9.18 Å². The highest BCUT2D eigenvalue weighted by atomic mass is 19.1. The van der Waals surface area contributed by atoms with Crippen LogP contribution in [0.25, 0.3) is 0 Å². The standard InChI is InChI=1S/C29H30FNO4.C2H6/c1-16-10-11-18(13-23(16)30)20-14-24-28(25(33)15-20)27(19-6-5-7-21(32)12-19)26(17(2)31-24)29(34)35-22-8-3-4-9-22;1-2/h5-7,10-13,20,22,27,31-32H,3-4,8-9,14-15H2,1-2H3;1-2H3. The Labute approximate surface area is 218 Å². The van der Waals surface area contributed by atoms with Crippen LogP contribution >= 0.6 is 0 Å². The fourth-order valence-electron chi connectivity index (χ4n) is 5.67. The average molecular weight is 506 g/mol. The third-order valence-electron chi connectivity index (χ3n) is 7.49. The lowest BCUT2D eigenvalue weighted by Crippen LogP contribution is -2.36. The molecule has 2 aromatic carbocycles. The minimum absolute atomic E-state index is 0.0700. The number of Topliss-reactive ketones (excluding diaryl/α,β-unsaturated/α-hetero) is 1. The Hall–Kier alpha value is -3.41. The van der Waals surface area contributed by atoms with E-state index in [9.17, 15) is 19.1 Å². The number of carbonyl (C=O) groups is 2. The Kier molecular flexibility index (Phi) is 8.16. The van der Waals surface area contributed by atoms with Gasteiger partial charge in [0.05, 0.1) is 5.57 Å². The summed E-state index contributed by atoms with van der Waals surface area (Å²) in [5.41, 5.74) is 4.36. The summed E-state index contributed by atoms with van der Waals surface area (Å²) in [5.74, 6) is -1.50. The van der Waals surface area contributed by atoms with E-state index in [2.05, 4.69) is 5.32 Å². The van der Waals surface area contributed by atoms with Crippen LogP contribution in [0.1, 0.15) is 87.8 Å². The van der Waals surface area contributed by atoms with Crippen LogP contribution in [0.15, 0.2) is 65.0 Å². The van der Waals surface area contributed by atoms with Crippen LogP contribution in [0.2, 0.25) is 0 Å². The summed E-state index contributed by atoms with van der Waals surface area (Å²) in [7, 11) is 0. The van der Waals surface area contributed by atoms with Crippen molar-refractivity contribution in [2.75, 3.05) is 0 Å². The van der Waals surface area contributed by atoms with Gasteiger partial charge in [0.15, 0.2) is 5.78 Å². The van der Waals surface area contributed by atoms with Crippen molar-refractivity contribution in [3.63, 3.8) is 0 Å². The maximum Gasteiger partial charge on any atom is 0.337 e. The van der Waals surface area contributed by atoms with Gasteiger partial charge in [-0.1, -0.05) is 38.1 Å². The van der Waals surface area contributed by atoms with Crippen LogP contribution in [0.3, 0.4) is 0 Å². The summed E-state index contributed by atoms with van der Waals surface area (Å²) in [6, 6.07) is 11.8. The molecule has 0 radical (unpaired) electrons. The van der Waals surface area contributed by atoms with Gasteiger partial charge < -0.3 is 15.2 Å². The first-order chi connectivity index (χ1) is 17.8. The Morgan fingerprint density at radius 3 is 2.43 bits per heavy atom. The Bertz CT molecular complexity index is 1260. The van der Waals surface area contributed by atoms with Crippen molar-refractivity contribution in [2.45, 2.75) is 84.2 Å². The number of dihydropyridines is 1. The largest absolute Gasteiger partial charge is 0.508 e. The highest BCUT2D eigenvalue weighted by Gasteiger charge is 2.42. The molecule has 2 N–H and O–H groups in total. The molecule has 2 unspecified atom stereocenters. The SMILES string of the molecule is CC.CC1=C(C(=O)OC2CCCC2)C(c2cccc(O)c2)C2=C(CC(c3ccc(C)c(F)c3)CC2=O)N1. The minimum Gasteiger partial charge on any atom is -0.508 e. The number of aryl methyl sites for hydroxylation is 1. The zero-order valence-electron chi connectivity index (χ0n) is 22.1. The number of hydrogen-bond donors (Lipinski definition) is 2. The lowest BCUT2D eigenvalue weighted by molar-refractivity contribution is -0.144. The molecule has 37 heavy (non-hydrogen) atoms. The van der Waals surface area contributed by atoms with Gasteiger partial charge in [-0.2, -0.15) is 0 Å². The zero-order valence-corrected chi connectivity index (χ0v) is 22.1. The lowest BCUT2D eigenvalue weighted by Gasteiger charge is -2.37. The number of phenolic OH excluding ortho intramolecular Hbond substituents is 1. The van der Waals surface area contributed by atoms with E-state index >= 15 is 0 Å². The van der Waals surface area contributed by atoms with E-state index in [0.29, 0.717) is 34.4 Å². The number of rotatable bonds is 4. The molecule has 1 fully saturated rings. The molecule has 5 nitrogen and oxygen atoms in total. The summed E-state index contributed by atoms with van der Waals surface area (Å²) < 4.78 is 20.1. The topological polar surface area (TPSA) is 75.6 Å². The number of phenols is 1. The van der Waals surface area contributed by atoms with E-state index in [1.165, 1.54) is 6.07 Å². The lowest BCUT2D eigenvalue weighted by atomic mass is 9.71. The summed E-state index contributed by atoms with van der Waals surface area (Å²) in [4.78, 5) is 27.0. The molecular formula is C31H36FNO4. The van der Waals surface area contributed by atoms with E-state index in [4.69, 9.17) is 4.74 Å². The first kappa shape index (κ1) is 26.6. The molecule has 2 aliphatic carbocycles. The molecule has 2 aromatic rings. The van der Waals surface area contributed by atoms with E-state index in [1.807, 2.05) is 32.9 Å². The Balaban J connectivity index is 0.00000156. The first-order valence-corrected chi connectivity index (χ1v) is 13.3. The van der Waals surface area contributed by atoms with Crippen molar-refractivity contribution in [3.05, 3.63) is 87.5 Å². The maximum absolute atomic E-state index is 14.3. The molecule has 1 saturated carbocycles. The van der Waals surface area contributed by atoms with Gasteiger partial charge in [-0.15, -0.1) is 0 Å². The van der Waals surface area contributed by atoms with Gasteiger partial charge in [0.25, 0.3) is 0 Å². The fourth-order valence-corrected chi connectivity index (χ4v) is 5.67. The fraction of sp³-hybridized carbons (Fsp3) is 0.419. The van der Waals surface area contributed by atoms with E-state index in [0.717, 1.165) is 36.9 Å². The Morgan fingerprint density at radius 1 is 1.03 bits per heavy atom. The molecule has 6 heteroatoms. The molecule has 5 rings (SSSR count). The monoisotopic (exact) mass is 505 g/mol. The molecule has 196 valence electrons. The van der Waals surface area contributed by atoms with Crippen molar-refractivity contribution in [3.8, 4) is 5.75 Å². The second-order valence-corrected chi connectivity index (χ2v) is 9.93. The summed E-state index contributed by atoms with van der Waals surface area (Å²) in [6.45, 7) is 7.54. The van der Waals surface area contributed by atoms with Gasteiger partial charge in [-0.3, -0.25) is 4.79 Å². The van der Waals surface area contributed by atoms with Crippen LogP contribution in [-0.4, -0.2) is 23.0 Å². The van der Waals surface area contributed by atoms with Gasteiger partial charge in [-0.05, 0) is 86.8 Å². The molecule has 1 aliphatic heterocycles. The van der Waals surface area contributed by atoms with E-state index in [-0.39, 0.29) is 35.8 Å². The normalized spacial score (nSPS) is 21.7. The molecular weight excluding hydrogens is 469 g/mol. The Morgan fingerprint density at radius 2 is 1.76 bits per heavy atom. The predicted octanol–water partition coefficient (Wildman–Crippen LogP) is 6.71. The third kappa shape index (κ3) is 5.48. The van der Waals surface area contributed by atoms with Crippen LogP contribution in [0.4, 0.5) is 4.39 Å². The number of hydrogen-bond acceptors (Lipinski definition) is 5. The number of esters is 1.